The molecule has 0 spiro atoms. The third-order valence-corrected chi connectivity index (χ3v) is 4.22. The molecule has 6 heteroatoms. The van der Waals surface area contributed by atoms with Gasteiger partial charge in [-0.15, -0.1) is 0 Å². The van der Waals surface area contributed by atoms with E-state index in [0.29, 0.717) is 18.0 Å². The molecule has 0 saturated carbocycles. The molecule has 102 valence electrons. The Kier molecular flexibility index (Phi) is 3.71. The Morgan fingerprint density at radius 3 is 2.89 bits per heavy atom. The standard InChI is InChI=1S/C13H17N3O2S/c1-13(2,19-3)8-14-11-10(12(17)18)16-7-5-4-6-9(16)15-11/h4-7,14H,8H2,1-3H3,(H,17,18). The minimum atomic E-state index is -0.983. The van der Waals surface area contributed by atoms with Crippen LogP contribution < -0.4 is 5.32 Å². The zero-order valence-corrected chi connectivity index (χ0v) is 12.0. The van der Waals surface area contributed by atoms with Crippen molar-refractivity contribution in [1.29, 1.82) is 0 Å². The SMILES string of the molecule is CSC(C)(C)CNc1nc2ccccn2c1C(=O)O. The molecule has 0 aromatic carbocycles. The number of hydrogen-bond donors (Lipinski definition) is 2. The molecule has 2 aromatic heterocycles. The first kappa shape index (κ1) is 13.7. The van der Waals surface area contributed by atoms with Gasteiger partial charge >= 0.3 is 5.97 Å². The largest absolute Gasteiger partial charge is 0.476 e. The predicted octanol–water partition coefficient (Wildman–Crippen LogP) is 2.59. The van der Waals surface area contributed by atoms with Crippen molar-refractivity contribution >= 4 is 29.2 Å². The van der Waals surface area contributed by atoms with Gasteiger partial charge in [0.05, 0.1) is 0 Å². The predicted molar refractivity (Wildman–Crippen MR) is 78.2 cm³/mol. The highest BCUT2D eigenvalue weighted by Crippen LogP contribution is 2.23. The molecule has 2 heterocycles. The lowest BCUT2D eigenvalue weighted by atomic mass is 10.2. The zero-order valence-electron chi connectivity index (χ0n) is 11.2. The van der Waals surface area contributed by atoms with Gasteiger partial charge in [0.15, 0.2) is 11.5 Å². The molecule has 0 aliphatic rings. The number of hydrogen-bond acceptors (Lipinski definition) is 4. The topological polar surface area (TPSA) is 66.6 Å². The fraction of sp³-hybridized carbons (Fsp3) is 0.385. The van der Waals surface area contributed by atoms with Crippen LogP contribution in [0.4, 0.5) is 5.82 Å². The van der Waals surface area contributed by atoms with Crippen molar-refractivity contribution in [3.05, 3.63) is 30.1 Å². The second kappa shape index (κ2) is 5.13. The molecule has 0 unspecified atom stereocenters. The maximum absolute atomic E-state index is 11.4. The number of carbonyl (C=O) groups is 1. The van der Waals surface area contributed by atoms with Crippen LogP contribution in [0.1, 0.15) is 24.3 Å². The number of thioether (sulfide) groups is 1. The second-order valence-electron chi connectivity index (χ2n) is 4.86. The lowest BCUT2D eigenvalue weighted by Gasteiger charge is -2.22. The van der Waals surface area contributed by atoms with Crippen LogP contribution in [0, 0.1) is 0 Å². The number of nitrogens with one attached hydrogen (secondary N) is 1. The number of rotatable bonds is 5. The van der Waals surface area contributed by atoms with Crippen LogP contribution in [-0.2, 0) is 0 Å². The van der Waals surface area contributed by atoms with E-state index < -0.39 is 5.97 Å². The van der Waals surface area contributed by atoms with Gasteiger partial charge in [-0.2, -0.15) is 11.8 Å². The van der Waals surface area contributed by atoms with Gasteiger partial charge in [-0.1, -0.05) is 6.07 Å². The highest BCUT2D eigenvalue weighted by atomic mass is 32.2. The molecular formula is C13H17N3O2S. The molecular weight excluding hydrogens is 262 g/mol. The fourth-order valence-electron chi connectivity index (χ4n) is 1.69. The number of fused-ring (bicyclic) bond motifs is 1. The molecule has 0 aliphatic heterocycles. The van der Waals surface area contributed by atoms with Crippen LogP contribution in [-0.4, -0.2) is 38.0 Å². The average Bonchev–Trinajstić information content (AvgIpc) is 2.75. The Hall–Kier alpha value is -1.69. The van der Waals surface area contributed by atoms with E-state index in [4.69, 9.17) is 0 Å². The summed E-state index contributed by atoms with van der Waals surface area (Å²) in [6.45, 7) is 4.85. The summed E-state index contributed by atoms with van der Waals surface area (Å²) in [5.41, 5.74) is 0.803. The summed E-state index contributed by atoms with van der Waals surface area (Å²) in [4.78, 5) is 15.7. The Bertz CT molecular complexity index is 607. The highest BCUT2D eigenvalue weighted by Gasteiger charge is 2.21. The molecule has 0 amide bonds. The number of carboxylic acids is 1. The van der Waals surface area contributed by atoms with E-state index in [0.717, 1.165) is 0 Å². The van der Waals surface area contributed by atoms with Crippen LogP contribution in [0.3, 0.4) is 0 Å². The van der Waals surface area contributed by atoms with Crippen LogP contribution in [0.15, 0.2) is 24.4 Å². The van der Waals surface area contributed by atoms with Crippen LogP contribution in [0.25, 0.3) is 5.65 Å². The third kappa shape index (κ3) is 2.84. The van der Waals surface area contributed by atoms with E-state index in [1.165, 1.54) is 0 Å². The lowest BCUT2D eigenvalue weighted by Crippen LogP contribution is -2.26. The van der Waals surface area contributed by atoms with Gasteiger partial charge < -0.3 is 10.4 Å². The van der Waals surface area contributed by atoms with Gasteiger partial charge in [0.25, 0.3) is 0 Å². The van der Waals surface area contributed by atoms with E-state index >= 15 is 0 Å². The number of pyridine rings is 1. The van der Waals surface area contributed by atoms with Gasteiger partial charge in [-0.3, -0.25) is 4.40 Å². The molecule has 0 aliphatic carbocycles. The number of anilines is 1. The molecule has 0 bridgehead atoms. The molecule has 2 rings (SSSR count). The van der Waals surface area contributed by atoms with Crippen molar-refractivity contribution in [3.63, 3.8) is 0 Å². The summed E-state index contributed by atoms with van der Waals surface area (Å²) in [7, 11) is 0. The summed E-state index contributed by atoms with van der Waals surface area (Å²) in [5.74, 6) is -0.566. The molecule has 0 radical (unpaired) electrons. The fourth-order valence-corrected chi connectivity index (χ4v) is 1.91. The van der Waals surface area contributed by atoms with Crippen molar-refractivity contribution in [2.45, 2.75) is 18.6 Å². The maximum Gasteiger partial charge on any atom is 0.356 e. The van der Waals surface area contributed by atoms with E-state index in [1.54, 1.807) is 34.5 Å². The first-order chi connectivity index (χ1) is 8.94. The summed E-state index contributed by atoms with van der Waals surface area (Å²) in [6, 6.07) is 5.41. The molecule has 2 N–H and O–H groups in total. The summed E-state index contributed by atoms with van der Waals surface area (Å²) in [6.07, 6.45) is 3.74. The maximum atomic E-state index is 11.4. The van der Waals surface area contributed by atoms with E-state index in [9.17, 15) is 9.90 Å². The van der Waals surface area contributed by atoms with Gasteiger partial charge in [-0.25, -0.2) is 9.78 Å². The smallest absolute Gasteiger partial charge is 0.356 e. The van der Waals surface area contributed by atoms with Crippen molar-refractivity contribution < 1.29 is 9.90 Å². The molecule has 5 nitrogen and oxygen atoms in total. The van der Waals surface area contributed by atoms with Crippen molar-refractivity contribution in [3.8, 4) is 0 Å². The normalized spacial score (nSPS) is 11.7. The molecule has 0 fully saturated rings. The van der Waals surface area contributed by atoms with E-state index in [1.807, 2.05) is 12.3 Å². The number of nitrogens with zero attached hydrogens (tertiary/aromatic N) is 2. The Morgan fingerprint density at radius 2 is 2.26 bits per heavy atom. The molecule has 19 heavy (non-hydrogen) atoms. The molecule has 0 saturated heterocycles. The Balaban J connectivity index is 2.37. The van der Waals surface area contributed by atoms with E-state index in [2.05, 4.69) is 24.1 Å². The van der Waals surface area contributed by atoms with Crippen LogP contribution in [0.2, 0.25) is 0 Å². The van der Waals surface area contributed by atoms with Crippen molar-refractivity contribution in [2.75, 3.05) is 18.1 Å². The Morgan fingerprint density at radius 1 is 1.53 bits per heavy atom. The molecule has 2 aromatic rings. The first-order valence-corrected chi connectivity index (χ1v) is 7.16. The van der Waals surface area contributed by atoms with Gasteiger partial charge in [0.2, 0.25) is 0 Å². The number of aromatic carboxylic acids is 1. The van der Waals surface area contributed by atoms with E-state index in [-0.39, 0.29) is 10.4 Å². The van der Waals surface area contributed by atoms with Gasteiger partial charge in [0, 0.05) is 17.5 Å². The number of carboxylic acid groups (broad SMARTS) is 1. The summed E-state index contributed by atoms with van der Waals surface area (Å²) >= 11 is 1.72. The second-order valence-corrected chi connectivity index (χ2v) is 6.37. The zero-order chi connectivity index (χ0) is 14.0. The minimum absolute atomic E-state index is 0.0194. The van der Waals surface area contributed by atoms with Crippen LogP contribution in [0.5, 0.6) is 0 Å². The lowest BCUT2D eigenvalue weighted by molar-refractivity contribution is 0.0690. The summed E-state index contributed by atoms with van der Waals surface area (Å²) in [5, 5.41) is 12.5. The highest BCUT2D eigenvalue weighted by molar-refractivity contribution is 7.99. The van der Waals surface area contributed by atoms with Gasteiger partial charge in [-0.05, 0) is 32.2 Å². The molecule has 0 atom stereocenters. The number of aromatic nitrogens is 2. The minimum Gasteiger partial charge on any atom is -0.476 e. The summed E-state index contributed by atoms with van der Waals surface area (Å²) < 4.78 is 1.60. The quantitative estimate of drug-likeness (QED) is 0.880. The van der Waals surface area contributed by atoms with Crippen molar-refractivity contribution in [2.24, 2.45) is 0 Å². The number of imidazole rings is 1. The third-order valence-electron chi connectivity index (χ3n) is 2.97. The van der Waals surface area contributed by atoms with Gasteiger partial charge in [0.1, 0.15) is 5.65 Å². The van der Waals surface area contributed by atoms with Crippen LogP contribution >= 0.6 is 11.8 Å². The van der Waals surface area contributed by atoms with Crippen molar-refractivity contribution in [1.82, 2.24) is 9.38 Å². The average molecular weight is 279 g/mol. The monoisotopic (exact) mass is 279 g/mol. The first-order valence-electron chi connectivity index (χ1n) is 5.94. The Labute approximate surface area is 116 Å².